The maximum absolute atomic E-state index is 12.3. The molecule has 0 radical (unpaired) electrons. The van der Waals surface area contributed by atoms with E-state index in [0.717, 1.165) is 16.7 Å². The number of amides is 1. The Hall–Kier alpha value is -3.28. The van der Waals surface area contributed by atoms with Crippen molar-refractivity contribution in [2.75, 3.05) is 7.11 Å². The number of nitrogens with zero attached hydrogens (tertiary/aromatic N) is 3. The minimum atomic E-state index is -0.185. The maximum Gasteiger partial charge on any atom is 0.253 e. The molecule has 1 N–H and O–H groups in total. The van der Waals surface area contributed by atoms with Crippen LogP contribution in [0.5, 0.6) is 5.88 Å². The van der Waals surface area contributed by atoms with Gasteiger partial charge < -0.3 is 10.1 Å². The van der Waals surface area contributed by atoms with Crippen molar-refractivity contribution in [1.29, 1.82) is 0 Å². The summed E-state index contributed by atoms with van der Waals surface area (Å²) < 4.78 is 5.05. The van der Waals surface area contributed by atoms with Gasteiger partial charge in [0.05, 0.1) is 12.7 Å². The Morgan fingerprint density at radius 1 is 1.08 bits per heavy atom. The summed E-state index contributed by atoms with van der Waals surface area (Å²) in [4.78, 5) is 24.6. The van der Waals surface area contributed by atoms with Gasteiger partial charge in [-0.1, -0.05) is 6.07 Å². The summed E-state index contributed by atoms with van der Waals surface area (Å²) in [5, 5.41) is 2.86. The molecule has 6 nitrogen and oxygen atoms in total. The summed E-state index contributed by atoms with van der Waals surface area (Å²) in [6.07, 6.45) is 8.34. The van der Waals surface area contributed by atoms with E-state index in [2.05, 4.69) is 20.3 Å². The summed E-state index contributed by atoms with van der Waals surface area (Å²) in [5.74, 6) is 0.353. The molecule has 0 spiro atoms. The van der Waals surface area contributed by atoms with E-state index in [4.69, 9.17) is 4.74 Å². The number of methoxy groups -OCH3 is 1. The lowest BCUT2D eigenvalue weighted by Gasteiger charge is -2.07. The van der Waals surface area contributed by atoms with Gasteiger partial charge in [-0.25, -0.2) is 4.98 Å². The highest BCUT2D eigenvalue weighted by molar-refractivity contribution is 5.95. The number of carbonyl (C=O) groups excluding carboxylic acids is 1. The van der Waals surface area contributed by atoms with Crippen LogP contribution in [-0.4, -0.2) is 28.0 Å². The van der Waals surface area contributed by atoms with Gasteiger partial charge in [0.25, 0.3) is 5.91 Å². The number of carbonyl (C=O) groups is 1. The first kappa shape index (κ1) is 15.6. The van der Waals surface area contributed by atoms with E-state index in [-0.39, 0.29) is 5.91 Å². The van der Waals surface area contributed by atoms with Gasteiger partial charge in [-0.05, 0) is 23.8 Å². The standard InChI is InChI=1S/C18H16N4O2/c1-24-17-5-4-14(12-21-17)15-7-16(11-20-10-15)18(23)22-9-13-3-2-6-19-8-13/h2-8,10-12H,9H2,1H3,(H,22,23). The fraction of sp³-hybridized carbons (Fsp3) is 0.111. The Balaban J connectivity index is 1.73. The molecule has 6 heteroatoms. The topological polar surface area (TPSA) is 77.0 Å². The van der Waals surface area contributed by atoms with E-state index < -0.39 is 0 Å². The third kappa shape index (κ3) is 3.73. The number of pyridine rings is 3. The van der Waals surface area contributed by atoms with Crippen molar-refractivity contribution >= 4 is 5.91 Å². The van der Waals surface area contributed by atoms with Crippen molar-refractivity contribution in [3.63, 3.8) is 0 Å². The van der Waals surface area contributed by atoms with Crippen LogP contribution in [0, 0.1) is 0 Å². The lowest BCUT2D eigenvalue weighted by atomic mass is 10.1. The highest BCUT2D eigenvalue weighted by Crippen LogP contribution is 2.20. The van der Waals surface area contributed by atoms with Crippen molar-refractivity contribution in [2.45, 2.75) is 6.54 Å². The van der Waals surface area contributed by atoms with Crippen molar-refractivity contribution in [2.24, 2.45) is 0 Å². The number of rotatable bonds is 5. The number of nitrogens with one attached hydrogen (secondary N) is 1. The predicted octanol–water partition coefficient (Wildman–Crippen LogP) is 2.48. The van der Waals surface area contributed by atoms with Gasteiger partial charge in [0.1, 0.15) is 0 Å². The van der Waals surface area contributed by atoms with Gasteiger partial charge in [0.15, 0.2) is 0 Å². The molecule has 0 aliphatic heterocycles. The van der Waals surface area contributed by atoms with Crippen LogP contribution in [0.4, 0.5) is 0 Å². The highest BCUT2D eigenvalue weighted by atomic mass is 16.5. The minimum Gasteiger partial charge on any atom is -0.481 e. The van der Waals surface area contributed by atoms with Crippen molar-refractivity contribution in [3.8, 4) is 17.0 Å². The largest absolute Gasteiger partial charge is 0.481 e. The van der Waals surface area contributed by atoms with E-state index in [1.807, 2.05) is 18.2 Å². The molecule has 3 aromatic heterocycles. The molecule has 3 heterocycles. The lowest BCUT2D eigenvalue weighted by Crippen LogP contribution is -2.23. The van der Waals surface area contributed by atoms with Gasteiger partial charge in [0.2, 0.25) is 5.88 Å². The maximum atomic E-state index is 12.3. The van der Waals surface area contributed by atoms with Gasteiger partial charge in [0, 0.05) is 54.7 Å². The number of hydrogen-bond donors (Lipinski definition) is 1. The Labute approximate surface area is 139 Å². The molecule has 0 atom stereocenters. The van der Waals surface area contributed by atoms with Crippen molar-refractivity contribution < 1.29 is 9.53 Å². The molecular weight excluding hydrogens is 304 g/mol. The molecule has 120 valence electrons. The normalized spacial score (nSPS) is 10.2. The van der Waals surface area contributed by atoms with E-state index in [1.165, 1.54) is 0 Å². The van der Waals surface area contributed by atoms with E-state index >= 15 is 0 Å². The molecular formula is C18H16N4O2. The molecule has 0 saturated heterocycles. The second kappa shape index (κ2) is 7.32. The van der Waals surface area contributed by atoms with Gasteiger partial charge in [-0.3, -0.25) is 14.8 Å². The fourth-order valence-corrected chi connectivity index (χ4v) is 2.18. The second-order valence-electron chi connectivity index (χ2n) is 5.10. The molecule has 0 unspecified atom stereocenters. The first-order valence-electron chi connectivity index (χ1n) is 7.39. The van der Waals surface area contributed by atoms with E-state index in [9.17, 15) is 4.79 Å². The molecule has 0 aromatic carbocycles. The van der Waals surface area contributed by atoms with Crippen LogP contribution in [0.2, 0.25) is 0 Å². The third-order valence-electron chi connectivity index (χ3n) is 3.46. The summed E-state index contributed by atoms with van der Waals surface area (Å²) in [5.41, 5.74) is 3.12. The lowest BCUT2D eigenvalue weighted by molar-refractivity contribution is 0.0950. The SMILES string of the molecule is COc1ccc(-c2cncc(C(=O)NCc3cccnc3)c2)cn1. The zero-order valence-electron chi connectivity index (χ0n) is 13.1. The van der Waals surface area contributed by atoms with Gasteiger partial charge in [-0.15, -0.1) is 0 Å². The monoisotopic (exact) mass is 320 g/mol. The highest BCUT2D eigenvalue weighted by Gasteiger charge is 2.08. The molecule has 0 saturated carbocycles. The van der Waals surface area contributed by atoms with Crippen LogP contribution in [0.3, 0.4) is 0 Å². The van der Waals surface area contributed by atoms with E-state index in [1.54, 1.807) is 50.2 Å². The van der Waals surface area contributed by atoms with Gasteiger partial charge >= 0.3 is 0 Å². The molecule has 24 heavy (non-hydrogen) atoms. The fourth-order valence-electron chi connectivity index (χ4n) is 2.18. The van der Waals surface area contributed by atoms with Crippen molar-refractivity contribution in [1.82, 2.24) is 20.3 Å². The second-order valence-corrected chi connectivity index (χ2v) is 5.10. The molecule has 0 aliphatic carbocycles. The molecule has 0 fully saturated rings. The van der Waals surface area contributed by atoms with Crippen LogP contribution in [0.25, 0.3) is 11.1 Å². The molecule has 0 bridgehead atoms. The molecule has 1 amide bonds. The Bertz CT molecular complexity index is 820. The van der Waals surface area contributed by atoms with Gasteiger partial charge in [-0.2, -0.15) is 0 Å². The van der Waals surface area contributed by atoms with Crippen LogP contribution in [0.1, 0.15) is 15.9 Å². The van der Waals surface area contributed by atoms with E-state index in [0.29, 0.717) is 18.0 Å². The zero-order chi connectivity index (χ0) is 16.8. The Morgan fingerprint density at radius 3 is 2.71 bits per heavy atom. The molecule has 0 aliphatic rings. The van der Waals surface area contributed by atoms with Crippen LogP contribution in [0.15, 0.2) is 61.3 Å². The summed E-state index contributed by atoms with van der Waals surface area (Å²) in [6, 6.07) is 9.17. The zero-order valence-corrected chi connectivity index (χ0v) is 13.1. The summed E-state index contributed by atoms with van der Waals surface area (Å²) in [6.45, 7) is 0.418. The smallest absolute Gasteiger partial charge is 0.253 e. The minimum absolute atomic E-state index is 0.185. The third-order valence-corrected chi connectivity index (χ3v) is 3.46. The molecule has 3 aromatic rings. The van der Waals surface area contributed by atoms with Crippen LogP contribution < -0.4 is 10.1 Å². The first-order valence-corrected chi connectivity index (χ1v) is 7.39. The Morgan fingerprint density at radius 2 is 2.00 bits per heavy atom. The van der Waals surface area contributed by atoms with Crippen LogP contribution in [-0.2, 0) is 6.54 Å². The first-order chi connectivity index (χ1) is 11.8. The Kier molecular flexibility index (Phi) is 4.76. The number of hydrogen-bond acceptors (Lipinski definition) is 5. The average Bonchev–Trinajstić information content (AvgIpc) is 2.67. The average molecular weight is 320 g/mol. The van der Waals surface area contributed by atoms with Crippen LogP contribution >= 0.6 is 0 Å². The number of aromatic nitrogens is 3. The predicted molar refractivity (Wildman–Crippen MR) is 89.4 cm³/mol. The van der Waals surface area contributed by atoms with Crippen molar-refractivity contribution in [3.05, 3.63) is 72.4 Å². The number of ether oxygens (including phenoxy) is 1. The molecule has 3 rings (SSSR count). The quantitative estimate of drug-likeness (QED) is 0.781. The summed E-state index contributed by atoms with van der Waals surface area (Å²) >= 11 is 0. The summed E-state index contributed by atoms with van der Waals surface area (Å²) in [7, 11) is 1.57.